The number of hydrogen-bond acceptors (Lipinski definition) is 5. The molecular formula is C12H12N2O4S2. The van der Waals surface area contributed by atoms with Crippen LogP contribution in [0.15, 0.2) is 46.2 Å². The summed E-state index contributed by atoms with van der Waals surface area (Å²) >= 11 is 1.06. The van der Waals surface area contributed by atoms with Crippen molar-refractivity contribution in [2.45, 2.75) is 10.8 Å². The van der Waals surface area contributed by atoms with Crippen LogP contribution in [0.5, 0.6) is 0 Å². The predicted octanol–water partition coefficient (Wildman–Crippen LogP) is 1.42. The van der Waals surface area contributed by atoms with E-state index in [1.807, 2.05) is 0 Å². The molecule has 2 rings (SSSR count). The van der Waals surface area contributed by atoms with Crippen molar-refractivity contribution >= 4 is 27.3 Å². The maximum Gasteiger partial charge on any atom is 0.318 e. The van der Waals surface area contributed by atoms with Crippen LogP contribution in [0, 0.1) is 0 Å². The lowest BCUT2D eigenvalue weighted by molar-refractivity contribution is -0.137. The highest BCUT2D eigenvalue weighted by molar-refractivity contribution is 7.91. The minimum Gasteiger partial charge on any atom is -0.480 e. The van der Waals surface area contributed by atoms with Gasteiger partial charge in [0.05, 0.1) is 0 Å². The Morgan fingerprint density at radius 2 is 2.15 bits per heavy atom. The maximum atomic E-state index is 12.4. The normalized spacial score (nSPS) is 11.7. The molecule has 0 saturated carbocycles. The van der Waals surface area contributed by atoms with Crippen LogP contribution in [0.4, 0.5) is 0 Å². The highest BCUT2D eigenvalue weighted by Gasteiger charge is 2.27. The van der Waals surface area contributed by atoms with Crippen molar-refractivity contribution in [3.05, 3.63) is 47.6 Å². The fraction of sp³-hybridized carbons (Fsp3) is 0.167. The van der Waals surface area contributed by atoms with Gasteiger partial charge in [-0.1, -0.05) is 12.1 Å². The summed E-state index contributed by atoms with van der Waals surface area (Å²) in [4.78, 5) is 14.8. The van der Waals surface area contributed by atoms with Gasteiger partial charge in [0.25, 0.3) is 10.0 Å². The second-order valence-corrected chi connectivity index (χ2v) is 7.07. The minimum absolute atomic E-state index is 0.0274. The summed E-state index contributed by atoms with van der Waals surface area (Å²) in [5.41, 5.74) is 0.633. The molecule has 0 aliphatic rings. The molecule has 106 valence electrons. The van der Waals surface area contributed by atoms with Crippen LogP contribution in [-0.2, 0) is 21.4 Å². The second-order valence-electron chi connectivity index (χ2n) is 3.96. The number of hydrogen-bond donors (Lipinski definition) is 1. The quantitative estimate of drug-likeness (QED) is 0.871. The fourth-order valence-corrected chi connectivity index (χ4v) is 4.13. The molecule has 1 N–H and O–H groups in total. The first-order valence-corrected chi connectivity index (χ1v) is 7.96. The van der Waals surface area contributed by atoms with Crippen molar-refractivity contribution in [3.8, 4) is 0 Å². The summed E-state index contributed by atoms with van der Waals surface area (Å²) in [6.45, 7) is -0.616. The molecule has 2 aromatic rings. The van der Waals surface area contributed by atoms with Gasteiger partial charge in [0.2, 0.25) is 0 Å². The van der Waals surface area contributed by atoms with Crippen molar-refractivity contribution in [1.29, 1.82) is 0 Å². The van der Waals surface area contributed by atoms with Crippen LogP contribution < -0.4 is 0 Å². The predicted molar refractivity (Wildman–Crippen MR) is 73.8 cm³/mol. The molecule has 0 spiro atoms. The SMILES string of the molecule is O=C(O)CN(Cc1cccnc1)S(=O)(=O)c1cccs1. The van der Waals surface area contributed by atoms with Crippen LogP contribution in [-0.4, -0.2) is 35.3 Å². The molecule has 2 heterocycles. The summed E-state index contributed by atoms with van der Waals surface area (Å²) < 4.78 is 25.8. The van der Waals surface area contributed by atoms with Crippen molar-refractivity contribution in [1.82, 2.24) is 9.29 Å². The first-order valence-electron chi connectivity index (χ1n) is 5.64. The largest absolute Gasteiger partial charge is 0.480 e. The molecule has 2 aromatic heterocycles. The number of thiophene rings is 1. The minimum atomic E-state index is -3.81. The number of carbonyl (C=O) groups is 1. The Morgan fingerprint density at radius 1 is 1.35 bits per heavy atom. The highest BCUT2D eigenvalue weighted by Crippen LogP contribution is 2.22. The third-order valence-corrected chi connectivity index (χ3v) is 5.65. The van der Waals surface area contributed by atoms with E-state index in [4.69, 9.17) is 5.11 Å². The average Bonchev–Trinajstić information content (AvgIpc) is 2.93. The Morgan fingerprint density at radius 3 is 2.70 bits per heavy atom. The van der Waals surface area contributed by atoms with Crippen LogP contribution in [0.1, 0.15) is 5.56 Å². The van der Waals surface area contributed by atoms with E-state index < -0.39 is 22.5 Å². The number of carboxylic acid groups (broad SMARTS) is 1. The topological polar surface area (TPSA) is 87.6 Å². The third-order valence-electron chi connectivity index (χ3n) is 2.48. The van der Waals surface area contributed by atoms with Crippen LogP contribution >= 0.6 is 11.3 Å². The molecular weight excluding hydrogens is 300 g/mol. The van der Waals surface area contributed by atoms with Crippen molar-refractivity contribution in [2.24, 2.45) is 0 Å². The standard InChI is InChI=1S/C12H12N2O4S2/c15-11(16)9-14(8-10-3-1-5-13-7-10)20(17,18)12-4-2-6-19-12/h1-7H,8-9H2,(H,15,16). The number of aliphatic carboxylic acids is 1. The van der Waals surface area contributed by atoms with Crippen molar-refractivity contribution in [2.75, 3.05) is 6.54 Å². The van der Waals surface area contributed by atoms with Gasteiger partial charge in [-0.05, 0) is 23.1 Å². The zero-order valence-electron chi connectivity index (χ0n) is 10.3. The number of carboxylic acids is 1. The molecule has 0 unspecified atom stereocenters. The molecule has 20 heavy (non-hydrogen) atoms. The smallest absolute Gasteiger partial charge is 0.318 e. The molecule has 0 aliphatic heterocycles. The van der Waals surface area contributed by atoms with E-state index in [0.717, 1.165) is 15.6 Å². The number of rotatable bonds is 6. The van der Waals surface area contributed by atoms with E-state index in [0.29, 0.717) is 5.56 Å². The van der Waals surface area contributed by atoms with Gasteiger partial charge in [-0.25, -0.2) is 8.42 Å². The van der Waals surface area contributed by atoms with E-state index in [2.05, 4.69) is 4.98 Å². The fourth-order valence-electron chi connectivity index (χ4n) is 1.61. The Bertz CT molecular complexity index is 669. The molecule has 0 aromatic carbocycles. The summed E-state index contributed by atoms with van der Waals surface area (Å²) in [7, 11) is -3.81. The first-order chi connectivity index (χ1) is 9.50. The summed E-state index contributed by atoms with van der Waals surface area (Å²) in [5, 5.41) is 10.5. The monoisotopic (exact) mass is 312 g/mol. The Kier molecular flexibility index (Phi) is 4.48. The average molecular weight is 312 g/mol. The van der Waals surface area contributed by atoms with Crippen LogP contribution in [0.25, 0.3) is 0 Å². The lowest BCUT2D eigenvalue weighted by atomic mass is 10.3. The van der Waals surface area contributed by atoms with E-state index >= 15 is 0 Å². The summed E-state index contributed by atoms with van der Waals surface area (Å²) in [6.07, 6.45) is 3.08. The van der Waals surface area contributed by atoms with Gasteiger partial charge in [-0.15, -0.1) is 11.3 Å². The molecule has 6 nitrogen and oxygen atoms in total. The van der Waals surface area contributed by atoms with E-state index in [1.165, 1.54) is 12.3 Å². The van der Waals surface area contributed by atoms with Gasteiger partial charge in [-0.3, -0.25) is 9.78 Å². The lowest BCUT2D eigenvalue weighted by Crippen LogP contribution is -2.34. The Labute approximate surface area is 120 Å². The highest BCUT2D eigenvalue weighted by atomic mass is 32.2. The maximum absolute atomic E-state index is 12.4. The zero-order valence-corrected chi connectivity index (χ0v) is 12.0. The first kappa shape index (κ1) is 14.6. The molecule has 0 bridgehead atoms. The number of nitrogens with zero attached hydrogens (tertiary/aromatic N) is 2. The number of pyridine rings is 1. The molecule has 0 radical (unpaired) electrons. The van der Waals surface area contributed by atoms with Gasteiger partial charge in [0, 0.05) is 18.9 Å². The third kappa shape index (κ3) is 3.41. The van der Waals surface area contributed by atoms with Gasteiger partial charge < -0.3 is 5.11 Å². The lowest BCUT2D eigenvalue weighted by Gasteiger charge is -2.19. The second kappa shape index (κ2) is 6.12. The van der Waals surface area contributed by atoms with Crippen LogP contribution in [0.2, 0.25) is 0 Å². The van der Waals surface area contributed by atoms with Gasteiger partial charge in [0.1, 0.15) is 10.8 Å². The Balaban J connectivity index is 2.31. The van der Waals surface area contributed by atoms with Crippen molar-refractivity contribution < 1.29 is 18.3 Å². The molecule has 0 aliphatic carbocycles. The summed E-state index contributed by atoms with van der Waals surface area (Å²) in [6, 6.07) is 6.44. The van der Waals surface area contributed by atoms with Gasteiger partial charge >= 0.3 is 5.97 Å². The van der Waals surface area contributed by atoms with E-state index in [1.54, 1.807) is 29.8 Å². The molecule has 8 heteroatoms. The van der Waals surface area contributed by atoms with E-state index in [9.17, 15) is 13.2 Å². The zero-order chi connectivity index (χ0) is 14.6. The van der Waals surface area contributed by atoms with Crippen molar-refractivity contribution in [3.63, 3.8) is 0 Å². The van der Waals surface area contributed by atoms with Crippen LogP contribution in [0.3, 0.4) is 0 Å². The Hall–Kier alpha value is -1.77. The molecule has 0 atom stereocenters. The molecule has 0 saturated heterocycles. The molecule has 0 fully saturated rings. The molecule has 0 amide bonds. The summed E-state index contributed by atoms with van der Waals surface area (Å²) in [5.74, 6) is -1.20. The van der Waals surface area contributed by atoms with E-state index in [-0.39, 0.29) is 10.8 Å². The van der Waals surface area contributed by atoms with Gasteiger partial charge in [0.15, 0.2) is 0 Å². The number of aromatic nitrogens is 1. The number of sulfonamides is 1. The van der Waals surface area contributed by atoms with Gasteiger partial charge in [-0.2, -0.15) is 4.31 Å².